The van der Waals surface area contributed by atoms with Gasteiger partial charge in [0.05, 0.1) is 6.17 Å². The second-order valence-electron chi connectivity index (χ2n) is 17.8. The predicted molar refractivity (Wildman–Crippen MR) is 221 cm³/mol. The van der Waals surface area contributed by atoms with Gasteiger partial charge in [-0.1, -0.05) is 199 Å². The lowest BCUT2D eigenvalue weighted by atomic mass is 9.57. The molecule has 1 heterocycles. The summed E-state index contributed by atoms with van der Waals surface area (Å²) in [7, 11) is 0. The van der Waals surface area contributed by atoms with Gasteiger partial charge in [-0.25, -0.2) is 0 Å². The topological polar surface area (TPSA) is 15.3 Å². The van der Waals surface area contributed by atoms with Gasteiger partial charge in [0.1, 0.15) is 0 Å². The monoisotopic (exact) mass is 687 g/mol. The number of likely N-dealkylation sites (N-methyl/N-ethyl adjacent to an activating group) is 1. The van der Waals surface area contributed by atoms with Crippen molar-refractivity contribution in [1.82, 2.24) is 10.2 Å². The van der Waals surface area contributed by atoms with E-state index < -0.39 is 0 Å². The normalized spacial score (nSPS) is 25.7. The van der Waals surface area contributed by atoms with E-state index in [1.165, 1.54) is 142 Å². The van der Waals surface area contributed by atoms with Gasteiger partial charge < -0.3 is 0 Å². The second kappa shape index (κ2) is 25.0. The zero-order chi connectivity index (χ0) is 36.3. The molecule has 2 fully saturated rings. The first kappa shape index (κ1) is 45.1. The quantitative estimate of drug-likeness (QED) is 0.0925. The molecule has 0 spiro atoms. The smallest absolute Gasteiger partial charge is 0.0597 e. The molecule has 1 aliphatic carbocycles. The zero-order valence-electron chi connectivity index (χ0n) is 36.0. The van der Waals surface area contributed by atoms with Crippen LogP contribution in [0.1, 0.15) is 212 Å². The van der Waals surface area contributed by atoms with Gasteiger partial charge in [-0.05, 0) is 84.5 Å². The van der Waals surface area contributed by atoms with E-state index in [0.717, 1.165) is 65.1 Å². The van der Waals surface area contributed by atoms with Gasteiger partial charge in [-0.2, -0.15) is 0 Å². The van der Waals surface area contributed by atoms with Crippen molar-refractivity contribution in [3.63, 3.8) is 0 Å². The fourth-order valence-electron chi connectivity index (χ4n) is 12.6. The fraction of sp³-hybridized carbons (Fsp3) is 1.00. The molecule has 1 saturated heterocycles. The lowest BCUT2D eigenvalue weighted by Gasteiger charge is -2.48. The Morgan fingerprint density at radius 2 is 1.02 bits per heavy atom. The predicted octanol–water partition coefficient (Wildman–Crippen LogP) is 14.4. The molecule has 0 aromatic heterocycles. The minimum atomic E-state index is 0.586. The van der Waals surface area contributed by atoms with Crippen LogP contribution in [0.5, 0.6) is 0 Å². The molecule has 12 unspecified atom stereocenters. The van der Waals surface area contributed by atoms with E-state index in [1.807, 2.05) is 0 Å². The maximum atomic E-state index is 4.03. The standard InChI is InChI=1S/C47H94N2/c1-13-26-42(35(11)32-33-36(12)46-34-49(22-10)47(21-9)48-46)38(17-5)40(19-7)44(28-15-3)45(29-16-4)41(20-8)39(18-6)43(27-14-2)37-30-24-23-25-31-37/h35-48H,13-34H2,1-12H3. The van der Waals surface area contributed by atoms with Crippen molar-refractivity contribution in [2.75, 3.05) is 13.1 Å². The Balaban J connectivity index is 2.37. The van der Waals surface area contributed by atoms with Gasteiger partial charge in [0, 0.05) is 12.6 Å². The van der Waals surface area contributed by atoms with Gasteiger partial charge in [-0.3, -0.25) is 10.2 Å². The van der Waals surface area contributed by atoms with Gasteiger partial charge in [0.25, 0.3) is 0 Å². The maximum Gasteiger partial charge on any atom is 0.0597 e. The Hall–Kier alpha value is -0.0800. The summed E-state index contributed by atoms with van der Waals surface area (Å²) < 4.78 is 0. The Bertz CT molecular complexity index is 777. The minimum Gasteiger partial charge on any atom is -0.297 e. The molecule has 1 saturated carbocycles. The van der Waals surface area contributed by atoms with Crippen molar-refractivity contribution in [3.8, 4) is 0 Å². The van der Waals surface area contributed by atoms with Crippen molar-refractivity contribution in [2.24, 2.45) is 65.1 Å². The molecule has 0 aromatic carbocycles. The Kier molecular flexibility index (Phi) is 23.0. The number of hydrogen-bond donors (Lipinski definition) is 1. The van der Waals surface area contributed by atoms with Crippen molar-refractivity contribution in [3.05, 3.63) is 0 Å². The van der Waals surface area contributed by atoms with E-state index in [1.54, 1.807) is 0 Å². The lowest BCUT2D eigenvalue weighted by Crippen LogP contribution is -2.41. The van der Waals surface area contributed by atoms with Crippen LogP contribution >= 0.6 is 0 Å². The van der Waals surface area contributed by atoms with Crippen LogP contribution in [0.2, 0.25) is 0 Å². The maximum absolute atomic E-state index is 4.03. The third-order valence-corrected chi connectivity index (χ3v) is 15.0. The van der Waals surface area contributed by atoms with Crippen LogP contribution in [0.25, 0.3) is 0 Å². The van der Waals surface area contributed by atoms with Gasteiger partial charge in [0.2, 0.25) is 0 Å². The van der Waals surface area contributed by atoms with Crippen LogP contribution in [0.4, 0.5) is 0 Å². The molecule has 2 rings (SSSR count). The van der Waals surface area contributed by atoms with Crippen molar-refractivity contribution in [2.45, 2.75) is 224 Å². The zero-order valence-corrected chi connectivity index (χ0v) is 36.0. The SMILES string of the molecule is CCCC(C(C)CCC(C)C1CN(CC)C(CC)N1)C(CC)C(CC)C(CCC)C(CCC)C(CC)C(CC)C(CCC)C1CCCCC1. The Morgan fingerprint density at radius 3 is 1.47 bits per heavy atom. The van der Waals surface area contributed by atoms with E-state index in [4.69, 9.17) is 0 Å². The van der Waals surface area contributed by atoms with Crippen LogP contribution in [0, 0.1) is 65.1 Å². The van der Waals surface area contributed by atoms with Gasteiger partial charge in [0.15, 0.2) is 0 Å². The molecule has 2 heteroatoms. The Morgan fingerprint density at radius 1 is 0.531 bits per heavy atom. The first-order valence-electron chi connectivity index (χ1n) is 23.2. The number of nitrogens with one attached hydrogen (secondary N) is 1. The van der Waals surface area contributed by atoms with E-state index in [2.05, 4.69) is 93.3 Å². The van der Waals surface area contributed by atoms with Crippen LogP contribution in [-0.4, -0.2) is 30.2 Å². The molecular weight excluding hydrogens is 593 g/mol. The van der Waals surface area contributed by atoms with Gasteiger partial charge in [-0.15, -0.1) is 0 Å². The van der Waals surface area contributed by atoms with E-state index in [9.17, 15) is 0 Å². The molecular formula is C47H94N2. The van der Waals surface area contributed by atoms with Gasteiger partial charge >= 0.3 is 0 Å². The highest BCUT2D eigenvalue weighted by molar-refractivity contribution is 4.93. The number of rotatable bonds is 27. The molecule has 2 nitrogen and oxygen atoms in total. The number of hydrogen-bond acceptors (Lipinski definition) is 2. The first-order chi connectivity index (χ1) is 23.7. The highest BCUT2D eigenvalue weighted by Gasteiger charge is 2.43. The van der Waals surface area contributed by atoms with E-state index >= 15 is 0 Å². The number of nitrogens with zero attached hydrogens (tertiary/aromatic N) is 1. The van der Waals surface area contributed by atoms with Crippen molar-refractivity contribution < 1.29 is 0 Å². The molecule has 0 aromatic rings. The van der Waals surface area contributed by atoms with Crippen molar-refractivity contribution >= 4 is 0 Å². The molecule has 0 radical (unpaired) electrons. The Labute approximate surface area is 311 Å². The van der Waals surface area contributed by atoms with Crippen LogP contribution < -0.4 is 5.32 Å². The summed E-state index contributed by atoms with van der Waals surface area (Å²) in [6.45, 7) is 32.7. The van der Waals surface area contributed by atoms with Crippen LogP contribution in [0.15, 0.2) is 0 Å². The summed E-state index contributed by atoms with van der Waals surface area (Å²) in [4.78, 5) is 2.68. The summed E-state index contributed by atoms with van der Waals surface area (Å²) in [5.41, 5.74) is 0. The third kappa shape index (κ3) is 12.8. The van der Waals surface area contributed by atoms with E-state index in [0.29, 0.717) is 12.2 Å². The van der Waals surface area contributed by atoms with E-state index in [-0.39, 0.29) is 0 Å². The van der Waals surface area contributed by atoms with Crippen LogP contribution in [-0.2, 0) is 0 Å². The minimum absolute atomic E-state index is 0.586. The summed E-state index contributed by atoms with van der Waals surface area (Å²) in [5.74, 6) is 9.80. The average Bonchev–Trinajstić information content (AvgIpc) is 3.56. The molecule has 292 valence electrons. The van der Waals surface area contributed by atoms with Crippen LogP contribution in [0.3, 0.4) is 0 Å². The highest BCUT2D eigenvalue weighted by atomic mass is 15.3. The summed E-state index contributed by atoms with van der Waals surface area (Å²) in [6.07, 6.45) is 29.0. The average molecular weight is 687 g/mol. The fourth-order valence-corrected chi connectivity index (χ4v) is 12.6. The molecule has 0 amide bonds. The first-order valence-corrected chi connectivity index (χ1v) is 23.2. The molecule has 0 bridgehead atoms. The lowest BCUT2D eigenvalue weighted by molar-refractivity contribution is 0.00761. The molecule has 12 atom stereocenters. The second-order valence-corrected chi connectivity index (χ2v) is 17.8. The largest absolute Gasteiger partial charge is 0.297 e. The molecule has 1 aliphatic heterocycles. The molecule has 2 aliphatic rings. The van der Waals surface area contributed by atoms with Crippen molar-refractivity contribution in [1.29, 1.82) is 0 Å². The summed E-state index contributed by atoms with van der Waals surface area (Å²) in [5, 5.41) is 4.03. The molecule has 49 heavy (non-hydrogen) atoms. The summed E-state index contributed by atoms with van der Waals surface area (Å²) >= 11 is 0. The summed E-state index contributed by atoms with van der Waals surface area (Å²) in [6, 6.07) is 0.665. The molecule has 1 N–H and O–H groups in total. The third-order valence-electron chi connectivity index (χ3n) is 15.0. The highest BCUT2D eigenvalue weighted by Crippen LogP contribution is 2.51.